The van der Waals surface area contributed by atoms with Gasteiger partial charge in [0.25, 0.3) is 0 Å². The number of methoxy groups -OCH3 is 1. The summed E-state index contributed by atoms with van der Waals surface area (Å²) in [7, 11) is 1.62. The van der Waals surface area contributed by atoms with E-state index in [0.29, 0.717) is 16.7 Å². The van der Waals surface area contributed by atoms with Gasteiger partial charge in [0, 0.05) is 23.6 Å². The number of amides is 1. The Labute approximate surface area is 190 Å². The highest BCUT2D eigenvalue weighted by Gasteiger charge is 2.23. The van der Waals surface area contributed by atoms with Gasteiger partial charge in [-0.25, -0.2) is 0 Å². The number of carbonyl (C=O) groups is 1. The zero-order valence-corrected chi connectivity index (χ0v) is 18.8. The third-order valence-electron chi connectivity index (χ3n) is 4.93. The summed E-state index contributed by atoms with van der Waals surface area (Å²) in [5.74, 6) is 1.19. The minimum Gasteiger partial charge on any atom is -0.495 e. The van der Waals surface area contributed by atoms with Crippen LogP contribution in [-0.2, 0) is 4.79 Å². The molecule has 1 amide bonds. The molecule has 0 aliphatic heterocycles. The molecule has 0 unspecified atom stereocenters. The molecule has 0 aliphatic carbocycles. The number of hydrogen-bond donors (Lipinski definition) is 1. The molecule has 0 saturated heterocycles. The molecule has 0 spiro atoms. The fourth-order valence-electron chi connectivity index (χ4n) is 3.22. The molecule has 1 N–H and O–H groups in total. The topological polar surface area (TPSA) is 81.9 Å². The number of carbonyl (C=O) groups excluding carboxylic acids is 1. The summed E-state index contributed by atoms with van der Waals surface area (Å²) < 4.78 is 7.48. The summed E-state index contributed by atoms with van der Waals surface area (Å²) in [6.07, 6.45) is 3.44. The second kappa shape index (κ2) is 9.65. The van der Waals surface area contributed by atoms with E-state index >= 15 is 0 Å². The molecule has 4 rings (SSSR count). The van der Waals surface area contributed by atoms with E-state index in [1.54, 1.807) is 19.5 Å². The van der Waals surface area contributed by atoms with Crippen LogP contribution in [0.15, 0.2) is 78.2 Å². The van der Waals surface area contributed by atoms with Gasteiger partial charge in [0.05, 0.1) is 18.0 Å². The lowest BCUT2D eigenvalue weighted by Crippen LogP contribution is -2.23. The first-order valence-corrected chi connectivity index (χ1v) is 11.0. The minimum atomic E-state index is -0.408. The quantitative estimate of drug-likeness (QED) is 0.413. The fourth-order valence-corrected chi connectivity index (χ4v) is 4.08. The van der Waals surface area contributed by atoms with Gasteiger partial charge in [-0.1, -0.05) is 42.1 Å². The number of para-hydroxylation sites is 3. The van der Waals surface area contributed by atoms with Crippen LogP contribution in [0.4, 0.5) is 5.69 Å². The molecule has 4 aromatic rings. The number of rotatable bonds is 7. The average molecular weight is 446 g/mol. The van der Waals surface area contributed by atoms with Crippen LogP contribution >= 0.6 is 11.8 Å². The van der Waals surface area contributed by atoms with E-state index in [2.05, 4.69) is 20.5 Å². The van der Waals surface area contributed by atoms with Crippen molar-refractivity contribution in [3.63, 3.8) is 0 Å². The van der Waals surface area contributed by atoms with Gasteiger partial charge in [0.2, 0.25) is 5.91 Å². The minimum absolute atomic E-state index is 0.109. The lowest BCUT2D eigenvalue weighted by atomic mass is 10.2. The summed E-state index contributed by atoms with van der Waals surface area (Å²) in [6, 6.07) is 19.1. The van der Waals surface area contributed by atoms with Crippen LogP contribution in [0, 0.1) is 6.92 Å². The highest BCUT2D eigenvalue weighted by molar-refractivity contribution is 8.00. The predicted octanol–water partition coefficient (Wildman–Crippen LogP) is 4.77. The van der Waals surface area contributed by atoms with Gasteiger partial charge in [-0.05, 0) is 49.7 Å². The Hall–Kier alpha value is -3.65. The average Bonchev–Trinajstić information content (AvgIpc) is 3.24. The second-order valence-electron chi connectivity index (χ2n) is 7.12. The Morgan fingerprint density at radius 1 is 1.06 bits per heavy atom. The van der Waals surface area contributed by atoms with Crippen LogP contribution in [0.2, 0.25) is 0 Å². The summed E-state index contributed by atoms with van der Waals surface area (Å²) in [4.78, 5) is 17.1. The van der Waals surface area contributed by atoms with Gasteiger partial charge in [0.1, 0.15) is 5.75 Å². The van der Waals surface area contributed by atoms with E-state index in [9.17, 15) is 4.79 Å². The zero-order chi connectivity index (χ0) is 22.5. The van der Waals surface area contributed by atoms with E-state index in [-0.39, 0.29) is 5.91 Å². The molecule has 2 heterocycles. The van der Waals surface area contributed by atoms with Crippen molar-refractivity contribution in [2.24, 2.45) is 0 Å². The van der Waals surface area contributed by atoms with Crippen LogP contribution in [0.1, 0.15) is 12.5 Å². The summed E-state index contributed by atoms with van der Waals surface area (Å²) in [5.41, 5.74) is 3.41. The zero-order valence-electron chi connectivity index (χ0n) is 18.0. The molecule has 32 heavy (non-hydrogen) atoms. The largest absolute Gasteiger partial charge is 0.495 e. The number of ether oxygens (including phenoxy) is 1. The summed E-state index contributed by atoms with van der Waals surface area (Å²) >= 11 is 1.33. The maximum atomic E-state index is 12.9. The standard InChI is InChI=1S/C24H23N5O2S/c1-16-9-4-5-11-19(16)26-23(30)17(2)32-24-28-27-22(18-10-8-14-25-15-18)29(24)20-12-6-7-13-21(20)31-3/h4-15,17H,1-3H3,(H,26,30)/t17-/m1/s1. The van der Waals surface area contributed by atoms with Crippen LogP contribution in [-0.4, -0.2) is 38.0 Å². The van der Waals surface area contributed by atoms with E-state index in [1.807, 2.05) is 79.1 Å². The lowest BCUT2D eigenvalue weighted by molar-refractivity contribution is -0.115. The number of benzene rings is 2. The number of pyridine rings is 1. The lowest BCUT2D eigenvalue weighted by Gasteiger charge is -2.16. The van der Waals surface area contributed by atoms with Crippen molar-refractivity contribution < 1.29 is 9.53 Å². The molecule has 2 aromatic heterocycles. The molecule has 2 aromatic carbocycles. The summed E-state index contributed by atoms with van der Waals surface area (Å²) in [5, 5.41) is 12.0. The van der Waals surface area contributed by atoms with Gasteiger partial charge in [-0.15, -0.1) is 10.2 Å². The Morgan fingerprint density at radius 3 is 2.59 bits per heavy atom. The van der Waals surface area contributed by atoms with Crippen molar-refractivity contribution in [1.29, 1.82) is 0 Å². The summed E-state index contributed by atoms with van der Waals surface area (Å²) in [6.45, 7) is 3.81. The maximum absolute atomic E-state index is 12.9. The highest BCUT2D eigenvalue weighted by Crippen LogP contribution is 2.34. The Bertz CT molecular complexity index is 1230. The first-order chi connectivity index (χ1) is 15.6. The maximum Gasteiger partial charge on any atom is 0.237 e. The second-order valence-corrected chi connectivity index (χ2v) is 8.43. The molecule has 1 atom stereocenters. The van der Waals surface area contributed by atoms with Gasteiger partial charge in [-0.2, -0.15) is 0 Å². The van der Waals surface area contributed by atoms with Gasteiger partial charge >= 0.3 is 0 Å². The van der Waals surface area contributed by atoms with E-state index in [0.717, 1.165) is 22.5 Å². The molecule has 0 bridgehead atoms. The smallest absolute Gasteiger partial charge is 0.237 e. The molecular weight excluding hydrogens is 422 g/mol. The predicted molar refractivity (Wildman–Crippen MR) is 126 cm³/mol. The number of nitrogens with one attached hydrogen (secondary N) is 1. The third kappa shape index (κ3) is 4.50. The van der Waals surface area contributed by atoms with Crippen molar-refractivity contribution in [1.82, 2.24) is 19.7 Å². The van der Waals surface area contributed by atoms with Crippen LogP contribution in [0.3, 0.4) is 0 Å². The fraction of sp³-hybridized carbons (Fsp3) is 0.167. The molecule has 0 fully saturated rings. The Kier molecular flexibility index (Phi) is 6.51. The molecule has 0 radical (unpaired) electrons. The van der Waals surface area contributed by atoms with Gasteiger partial charge in [0.15, 0.2) is 11.0 Å². The van der Waals surface area contributed by atoms with Gasteiger partial charge in [-0.3, -0.25) is 14.3 Å². The van der Waals surface area contributed by atoms with Crippen LogP contribution in [0.25, 0.3) is 17.1 Å². The van der Waals surface area contributed by atoms with E-state index < -0.39 is 5.25 Å². The molecule has 0 saturated carbocycles. The number of nitrogens with zero attached hydrogens (tertiary/aromatic N) is 4. The van der Waals surface area contributed by atoms with Crippen molar-refractivity contribution in [3.8, 4) is 22.8 Å². The van der Waals surface area contributed by atoms with Crippen molar-refractivity contribution >= 4 is 23.4 Å². The number of aromatic nitrogens is 4. The monoisotopic (exact) mass is 445 g/mol. The third-order valence-corrected chi connectivity index (χ3v) is 5.98. The first kappa shape index (κ1) is 21.6. The number of aryl methyl sites for hydroxylation is 1. The Balaban J connectivity index is 1.69. The normalized spacial score (nSPS) is 11.7. The SMILES string of the molecule is COc1ccccc1-n1c(S[C@H](C)C(=O)Nc2ccccc2C)nnc1-c1cccnc1. The van der Waals surface area contributed by atoms with Gasteiger partial charge < -0.3 is 10.1 Å². The Morgan fingerprint density at radius 2 is 1.84 bits per heavy atom. The molecule has 162 valence electrons. The molecular formula is C24H23N5O2S. The van der Waals surface area contributed by atoms with Crippen molar-refractivity contribution in [3.05, 3.63) is 78.6 Å². The van der Waals surface area contributed by atoms with E-state index in [1.165, 1.54) is 11.8 Å². The first-order valence-electron chi connectivity index (χ1n) is 10.1. The molecule has 8 heteroatoms. The number of thioether (sulfide) groups is 1. The van der Waals surface area contributed by atoms with Crippen molar-refractivity contribution in [2.75, 3.05) is 12.4 Å². The van der Waals surface area contributed by atoms with E-state index in [4.69, 9.17) is 4.74 Å². The number of anilines is 1. The highest BCUT2D eigenvalue weighted by atomic mass is 32.2. The molecule has 7 nitrogen and oxygen atoms in total. The van der Waals surface area contributed by atoms with Crippen molar-refractivity contribution in [2.45, 2.75) is 24.3 Å². The number of hydrogen-bond acceptors (Lipinski definition) is 6. The van der Waals surface area contributed by atoms with Crippen LogP contribution in [0.5, 0.6) is 5.75 Å². The molecule has 0 aliphatic rings. The van der Waals surface area contributed by atoms with Crippen LogP contribution < -0.4 is 10.1 Å².